The third kappa shape index (κ3) is 7.90. The lowest BCUT2D eigenvalue weighted by Crippen LogP contribution is -2.35. The van der Waals surface area contributed by atoms with Gasteiger partial charge in [0.2, 0.25) is 11.7 Å². The van der Waals surface area contributed by atoms with Crippen molar-refractivity contribution in [2.75, 3.05) is 7.11 Å². The van der Waals surface area contributed by atoms with Crippen molar-refractivity contribution in [3.05, 3.63) is 71.0 Å². The SMILES string of the molecule is C=C1C=C2NC(=O)/C=C/C=C/[C@H](OC)C(OC(N)=O)/C(C)=C/C(C)C(O)CCC(C)CC(=C1C)C2=O. The number of nitrogens with two attached hydrogens (primary N) is 1. The molecule has 36 heavy (non-hydrogen) atoms. The average molecular weight is 499 g/mol. The van der Waals surface area contributed by atoms with E-state index in [1.165, 1.54) is 19.3 Å². The summed E-state index contributed by atoms with van der Waals surface area (Å²) in [6.07, 6.45) is 8.05. The Bertz CT molecular complexity index is 1030. The van der Waals surface area contributed by atoms with Gasteiger partial charge in [0.15, 0.2) is 6.10 Å². The van der Waals surface area contributed by atoms with Gasteiger partial charge in [-0.25, -0.2) is 4.79 Å². The number of primary amides is 1. The van der Waals surface area contributed by atoms with E-state index in [-0.39, 0.29) is 23.3 Å². The molecule has 0 fully saturated rings. The summed E-state index contributed by atoms with van der Waals surface area (Å²) in [5.41, 5.74) is 8.27. The lowest BCUT2D eigenvalue weighted by Gasteiger charge is -2.26. The van der Waals surface area contributed by atoms with Crippen LogP contribution in [-0.4, -0.2) is 48.3 Å². The summed E-state index contributed by atoms with van der Waals surface area (Å²) in [7, 11) is 1.46. The van der Waals surface area contributed by atoms with Crippen LogP contribution in [0.1, 0.15) is 47.0 Å². The molecular formula is C28H38N2O6. The van der Waals surface area contributed by atoms with Gasteiger partial charge < -0.3 is 25.6 Å². The van der Waals surface area contributed by atoms with Gasteiger partial charge in [-0.05, 0) is 61.8 Å². The zero-order valence-corrected chi connectivity index (χ0v) is 21.7. The zero-order chi connectivity index (χ0) is 27.0. The number of aliphatic hydroxyl groups excluding tert-OH is 1. The number of aliphatic hydroxyl groups is 1. The smallest absolute Gasteiger partial charge is 0.405 e. The van der Waals surface area contributed by atoms with E-state index in [0.29, 0.717) is 36.0 Å². The molecule has 0 radical (unpaired) electrons. The molecule has 8 heteroatoms. The molecule has 0 aromatic heterocycles. The molecule has 0 spiro atoms. The fourth-order valence-corrected chi connectivity index (χ4v) is 4.34. The van der Waals surface area contributed by atoms with Crippen molar-refractivity contribution in [1.82, 2.24) is 5.32 Å². The lowest BCUT2D eigenvalue weighted by atomic mass is 9.84. The molecule has 5 atom stereocenters. The summed E-state index contributed by atoms with van der Waals surface area (Å²) in [6, 6.07) is 0. The van der Waals surface area contributed by atoms with Crippen molar-refractivity contribution in [3.63, 3.8) is 0 Å². The molecule has 1 heterocycles. The summed E-state index contributed by atoms with van der Waals surface area (Å²) in [5, 5.41) is 13.5. The molecule has 1 aliphatic heterocycles. The van der Waals surface area contributed by atoms with Gasteiger partial charge in [0, 0.05) is 24.7 Å². The van der Waals surface area contributed by atoms with E-state index in [2.05, 4.69) is 11.9 Å². The van der Waals surface area contributed by atoms with Crippen LogP contribution < -0.4 is 11.1 Å². The first-order valence-electron chi connectivity index (χ1n) is 12.1. The van der Waals surface area contributed by atoms with Crippen LogP contribution in [-0.2, 0) is 19.1 Å². The Balaban J connectivity index is 2.43. The molecule has 0 saturated carbocycles. The van der Waals surface area contributed by atoms with Crippen LogP contribution in [0.25, 0.3) is 0 Å². The van der Waals surface area contributed by atoms with Crippen molar-refractivity contribution < 1.29 is 29.0 Å². The predicted octanol–water partition coefficient (Wildman–Crippen LogP) is 3.80. The molecule has 2 amide bonds. The Labute approximate surface area is 213 Å². The molecule has 8 nitrogen and oxygen atoms in total. The second kappa shape index (κ2) is 13.2. The van der Waals surface area contributed by atoms with Crippen LogP contribution in [0.3, 0.4) is 0 Å². The molecule has 2 aliphatic rings. The Morgan fingerprint density at radius 2 is 1.89 bits per heavy atom. The van der Waals surface area contributed by atoms with Gasteiger partial charge in [-0.15, -0.1) is 0 Å². The highest BCUT2D eigenvalue weighted by Gasteiger charge is 2.28. The van der Waals surface area contributed by atoms with Crippen molar-refractivity contribution in [2.45, 2.75) is 65.3 Å². The van der Waals surface area contributed by atoms with Crippen LogP contribution >= 0.6 is 0 Å². The quantitative estimate of drug-likeness (QED) is 0.497. The summed E-state index contributed by atoms with van der Waals surface area (Å²) in [4.78, 5) is 37.2. The minimum atomic E-state index is -0.950. The van der Waals surface area contributed by atoms with E-state index >= 15 is 0 Å². The number of hydrogen-bond donors (Lipinski definition) is 3. The van der Waals surface area contributed by atoms with Crippen molar-refractivity contribution in [2.24, 2.45) is 17.6 Å². The van der Waals surface area contributed by atoms with Crippen molar-refractivity contribution >= 4 is 17.8 Å². The summed E-state index contributed by atoms with van der Waals surface area (Å²) >= 11 is 0. The minimum Gasteiger partial charge on any atom is -0.439 e. The third-order valence-electron chi connectivity index (χ3n) is 6.59. The number of nitrogens with one attached hydrogen (secondary N) is 1. The van der Waals surface area contributed by atoms with Gasteiger partial charge in [0.25, 0.3) is 0 Å². The topological polar surface area (TPSA) is 128 Å². The maximum Gasteiger partial charge on any atom is 0.405 e. The van der Waals surface area contributed by atoms with E-state index in [1.54, 1.807) is 25.2 Å². The number of fused-ring (bicyclic) bond motifs is 2. The van der Waals surface area contributed by atoms with E-state index in [1.807, 2.05) is 26.8 Å². The highest BCUT2D eigenvalue weighted by Crippen LogP contribution is 2.30. The Kier molecular flexibility index (Phi) is 10.6. The highest BCUT2D eigenvalue weighted by atomic mass is 16.6. The largest absolute Gasteiger partial charge is 0.439 e. The summed E-state index contributed by atoms with van der Waals surface area (Å²) in [5.74, 6) is -0.805. The number of methoxy groups -OCH3 is 1. The van der Waals surface area contributed by atoms with Crippen LogP contribution in [0.4, 0.5) is 4.79 Å². The first kappa shape index (κ1) is 29.0. The number of carbonyl (C=O) groups excluding carboxylic acids is 3. The number of ether oxygens (including phenoxy) is 2. The standard InChI is InChI=1S/C28H38N2O6/c1-16-11-12-23(31)18(3)14-19(4)27(36-28(29)34)24(35-6)9-7-8-10-25(32)30-22-15-17(2)20(5)21(13-16)26(22)33/h7-10,14-16,18,23-24,27,31H,2,11-13H2,1,3-6H3,(H2,29,34)(H,30,32)/b9-7+,10-8+,19-14+/t16?,18?,23?,24-,27?/m0/s1. The molecule has 196 valence electrons. The van der Waals surface area contributed by atoms with Gasteiger partial charge in [-0.2, -0.15) is 0 Å². The maximum absolute atomic E-state index is 13.1. The molecular weight excluding hydrogens is 460 g/mol. The predicted molar refractivity (Wildman–Crippen MR) is 139 cm³/mol. The van der Waals surface area contributed by atoms with E-state index in [4.69, 9.17) is 15.2 Å². The van der Waals surface area contributed by atoms with E-state index in [0.717, 1.165) is 5.57 Å². The van der Waals surface area contributed by atoms with Crippen LogP contribution in [0.5, 0.6) is 0 Å². The lowest BCUT2D eigenvalue weighted by molar-refractivity contribution is -0.118. The molecule has 0 aromatic carbocycles. The third-order valence-corrected chi connectivity index (χ3v) is 6.59. The molecule has 2 bridgehead atoms. The van der Waals surface area contributed by atoms with Crippen molar-refractivity contribution in [3.8, 4) is 0 Å². The Hall–Kier alpha value is -3.23. The first-order valence-corrected chi connectivity index (χ1v) is 12.1. The van der Waals surface area contributed by atoms with Crippen molar-refractivity contribution in [1.29, 1.82) is 0 Å². The number of ketones is 1. The first-order chi connectivity index (χ1) is 16.9. The molecule has 0 aromatic rings. The molecule has 2 rings (SSSR count). The monoisotopic (exact) mass is 498 g/mol. The molecule has 4 unspecified atom stereocenters. The van der Waals surface area contributed by atoms with E-state index in [9.17, 15) is 19.5 Å². The number of amides is 2. The normalized spacial score (nSPS) is 32.2. The number of carbonyl (C=O) groups is 3. The van der Waals surface area contributed by atoms with Crippen LogP contribution in [0, 0.1) is 11.8 Å². The second-order valence-corrected chi connectivity index (χ2v) is 9.53. The number of allylic oxidation sites excluding steroid dienone is 6. The second-order valence-electron chi connectivity index (χ2n) is 9.53. The van der Waals surface area contributed by atoms with Gasteiger partial charge in [0.1, 0.15) is 6.10 Å². The molecule has 1 aliphatic carbocycles. The summed E-state index contributed by atoms with van der Waals surface area (Å²) < 4.78 is 10.8. The average Bonchev–Trinajstić information content (AvgIpc) is 2.81. The highest BCUT2D eigenvalue weighted by molar-refractivity contribution is 6.13. The van der Waals surface area contributed by atoms with Crippen LogP contribution in [0.15, 0.2) is 71.0 Å². The fourth-order valence-electron chi connectivity index (χ4n) is 4.34. The molecule has 0 saturated heterocycles. The molecule has 4 N–H and O–H groups in total. The Morgan fingerprint density at radius 3 is 2.53 bits per heavy atom. The summed E-state index contributed by atoms with van der Waals surface area (Å²) in [6.45, 7) is 11.6. The van der Waals surface area contributed by atoms with Gasteiger partial charge >= 0.3 is 6.09 Å². The zero-order valence-electron chi connectivity index (χ0n) is 21.7. The van der Waals surface area contributed by atoms with Gasteiger partial charge in [0.05, 0.1) is 11.8 Å². The number of Topliss-reactive ketones (excluding diaryl/α,β-unsaturated/α-hetero) is 1. The van der Waals surface area contributed by atoms with E-state index < -0.39 is 30.3 Å². The van der Waals surface area contributed by atoms with Gasteiger partial charge in [-0.1, -0.05) is 44.7 Å². The van der Waals surface area contributed by atoms with Gasteiger partial charge in [-0.3, -0.25) is 9.59 Å². The number of hydrogen-bond acceptors (Lipinski definition) is 6. The number of rotatable bonds is 2. The fraction of sp³-hybridized carbons (Fsp3) is 0.464. The minimum absolute atomic E-state index is 0.115. The Morgan fingerprint density at radius 1 is 1.19 bits per heavy atom. The van der Waals surface area contributed by atoms with Crippen LogP contribution in [0.2, 0.25) is 0 Å². The maximum atomic E-state index is 13.1.